The van der Waals surface area contributed by atoms with Gasteiger partial charge in [-0.2, -0.15) is 0 Å². The Balaban J connectivity index is 0.000000150. The van der Waals surface area contributed by atoms with E-state index in [2.05, 4.69) is 128 Å². The van der Waals surface area contributed by atoms with Crippen LogP contribution in [0.3, 0.4) is 0 Å². The Morgan fingerprint density at radius 3 is 1.13 bits per heavy atom. The average Bonchev–Trinajstić information content (AvgIpc) is 1.63. The topological polar surface area (TPSA) is 163 Å². The number of ether oxygens (including phenoxy) is 3. The Bertz CT molecular complexity index is 4560. The minimum atomic E-state index is -0.492. The molecule has 0 saturated carbocycles. The number of hydrogen-bond donors (Lipinski definition) is 0. The van der Waals surface area contributed by atoms with Gasteiger partial charge in [0.15, 0.2) is 0 Å². The van der Waals surface area contributed by atoms with E-state index in [0.717, 1.165) is 130 Å². The molecule has 14 rings (SSSR count). The molecule has 106 heavy (non-hydrogen) atoms. The molecule has 3 unspecified atom stereocenters. The molecule has 0 radical (unpaired) electrons. The summed E-state index contributed by atoms with van der Waals surface area (Å²) < 4.78 is 22.2. The van der Waals surface area contributed by atoms with Gasteiger partial charge < -0.3 is 38.0 Å². The van der Waals surface area contributed by atoms with Gasteiger partial charge in [-0.15, -0.1) is 0 Å². The third-order valence-corrected chi connectivity index (χ3v) is 22.1. The standard InChI is InChI=1S/2C30H35ClN4O2.C26H30ClIN2O2/c1-20-18-34(19-33-20)13-9-22-16-23-17-24(31)7-8-25(23)27(28-26(22)6-5-12-32-28)21-10-14-35(15-11-21)29(36)37-30(2,3)4;1-20-18-32-19-35(20)15-11-22-16-23-17-24(31)7-8-25(23)27(28-26(22)6-5-12-33-28)21-9-13-34(14-10-21)29(36)37-30(2,3)4;1-26(2,3)32-25(31)30-13-9-17(10-14-30)23-21-7-6-20(27)16-19(21)15-18(8-11-28)22-5-4-12-29-24(22)23/h2*5-8,12,16-19,21,27H,9-11,13-15H2,1-4H3;4-7,12,15-17,23H,8-11,13-14H2,1-3H3. The van der Waals surface area contributed by atoms with E-state index in [1.54, 1.807) is 0 Å². The zero-order valence-corrected chi connectivity index (χ0v) is 67.5. The van der Waals surface area contributed by atoms with Crippen LogP contribution < -0.4 is 0 Å². The Morgan fingerprint density at radius 1 is 0.472 bits per heavy atom. The van der Waals surface area contributed by atoms with Crippen LogP contribution in [0, 0.1) is 31.6 Å². The number of pyridine rings is 3. The molecule has 8 heterocycles. The fourth-order valence-corrected chi connectivity index (χ4v) is 17.1. The number of rotatable bonds is 11. The highest BCUT2D eigenvalue weighted by molar-refractivity contribution is 14.1. The van der Waals surface area contributed by atoms with Crippen LogP contribution in [0.15, 0.2) is 135 Å². The number of carbonyl (C=O) groups excluding carboxylic acids is 3. The van der Waals surface area contributed by atoms with E-state index in [0.29, 0.717) is 57.0 Å². The molecule has 3 aliphatic heterocycles. The Morgan fingerprint density at radius 2 is 0.821 bits per heavy atom. The van der Waals surface area contributed by atoms with Crippen LogP contribution in [-0.4, -0.2) is 128 Å². The third-order valence-electron chi connectivity index (χ3n) is 20.9. The van der Waals surface area contributed by atoms with E-state index < -0.39 is 16.8 Å². The molecule has 6 aliphatic rings. The summed E-state index contributed by atoms with van der Waals surface area (Å²) in [5.74, 6) is 1.56. The Kier molecular flexibility index (Phi) is 24.8. The first-order valence-electron chi connectivity index (χ1n) is 37.4. The minimum Gasteiger partial charge on any atom is -0.444 e. The summed E-state index contributed by atoms with van der Waals surface area (Å²) in [5.41, 5.74) is 18.9. The van der Waals surface area contributed by atoms with E-state index >= 15 is 0 Å². The molecule has 8 aromatic rings. The van der Waals surface area contributed by atoms with Gasteiger partial charge in [-0.3, -0.25) is 15.0 Å². The molecule has 0 spiro atoms. The maximum absolute atomic E-state index is 12.7. The summed E-state index contributed by atoms with van der Waals surface area (Å²) in [4.78, 5) is 67.0. The van der Waals surface area contributed by atoms with Gasteiger partial charge >= 0.3 is 18.3 Å². The van der Waals surface area contributed by atoms with Crippen molar-refractivity contribution < 1.29 is 28.6 Å². The number of hydrogen-bond acceptors (Lipinski definition) is 11. The van der Waals surface area contributed by atoms with Gasteiger partial charge in [0.25, 0.3) is 0 Å². The van der Waals surface area contributed by atoms with Crippen molar-refractivity contribution in [2.24, 2.45) is 17.8 Å². The maximum Gasteiger partial charge on any atom is 0.410 e. The number of carbonyl (C=O) groups is 3. The first-order valence-corrected chi connectivity index (χ1v) is 40.1. The summed E-state index contributed by atoms with van der Waals surface area (Å²) in [6, 6.07) is 31.4. The lowest BCUT2D eigenvalue weighted by Crippen LogP contribution is -2.42. The predicted molar refractivity (Wildman–Crippen MR) is 434 cm³/mol. The number of aryl methyl sites for hydroxylation is 4. The lowest BCUT2D eigenvalue weighted by atomic mass is 9.76. The molecule has 20 heteroatoms. The largest absolute Gasteiger partial charge is 0.444 e. The smallest absolute Gasteiger partial charge is 0.410 e. The van der Waals surface area contributed by atoms with Gasteiger partial charge in [0, 0.05) is 126 Å². The maximum atomic E-state index is 12.7. The lowest BCUT2D eigenvalue weighted by molar-refractivity contribution is 0.0167. The normalized spacial score (nSPS) is 18.3. The van der Waals surface area contributed by atoms with Crippen LogP contribution in [0.1, 0.15) is 216 Å². The second-order valence-electron chi connectivity index (χ2n) is 31.9. The van der Waals surface area contributed by atoms with Crippen LogP contribution in [0.2, 0.25) is 15.1 Å². The highest BCUT2D eigenvalue weighted by atomic mass is 127. The number of halogens is 4. The molecule has 3 aliphatic carbocycles. The first-order chi connectivity index (χ1) is 50.6. The van der Waals surface area contributed by atoms with E-state index in [4.69, 9.17) is 64.0 Å². The van der Waals surface area contributed by atoms with Gasteiger partial charge in [0.05, 0.1) is 35.4 Å². The fraction of sp³-hybridized carbons (Fsp3) is 0.442. The molecule has 16 nitrogen and oxygen atoms in total. The summed E-state index contributed by atoms with van der Waals surface area (Å²) >= 11 is 21.8. The zero-order chi connectivity index (χ0) is 75.2. The number of amides is 3. The second-order valence-corrected chi connectivity index (χ2v) is 34.3. The first kappa shape index (κ1) is 77.8. The summed E-state index contributed by atoms with van der Waals surface area (Å²) in [7, 11) is 0. The van der Waals surface area contributed by atoms with Crippen LogP contribution in [0.5, 0.6) is 0 Å². The van der Waals surface area contributed by atoms with Gasteiger partial charge in [-0.1, -0.05) is 112 Å². The summed E-state index contributed by atoms with van der Waals surface area (Å²) in [5, 5.41) is 2.22. The molecular formula is C86H100Cl3IN10O6. The highest BCUT2D eigenvalue weighted by Gasteiger charge is 2.40. The molecule has 3 saturated heterocycles. The number of nitrogens with zero attached hydrogens (tertiary/aromatic N) is 10. The Labute approximate surface area is 654 Å². The molecule has 0 bridgehead atoms. The van der Waals surface area contributed by atoms with E-state index in [1.165, 1.54) is 55.7 Å². The van der Waals surface area contributed by atoms with Crippen molar-refractivity contribution in [1.29, 1.82) is 0 Å². The molecule has 3 atom stereocenters. The average molecular weight is 1600 g/mol. The fourth-order valence-electron chi connectivity index (χ4n) is 16.0. The van der Waals surface area contributed by atoms with Gasteiger partial charge in [-0.05, 0) is 273 Å². The molecule has 3 aromatic carbocycles. The number of likely N-dealkylation sites (tertiary alicyclic amines) is 3. The van der Waals surface area contributed by atoms with E-state index in [1.807, 2.05) is 158 Å². The van der Waals surface area contributed by atoms with Crippen molar-refractivity contribution in [2.45, 2.75) is 182 Å². The Hall–Kier alpha value is -7.84. The van der Waals surface area contributed by atoms with Crippen LogP contribution in [0.25, 0.3) is 34.9 Å². The van der Waals surface area contributed by atoms with Gasteiger partial charge in [0.1, 0.15) is 16.8 Å². The van der Waals surface area contributed by atoms with Crippen molar-refractivity contribution in [1.82, 2.24) is 48.8 Å². The van der Waals surface area contributed by atoms with Crippen molar-refractivity contribution in [3.63, 3.8) is 0 Å². The number of benzene rings is 3. The van der Waals surface area contributed by atoms with Crippen molar-refractivity contribution in [3.05, 3.63) is 228 Å². The highest BCUT2D eigenvalue weighted by Crippen LogP contribution is 2.49. The number of aromatic nitrogens is 7. The van der Waals surface area contributed by atoms with Crippen molar-refractivity contribution >= 4 is 111 Å². The monoisotopic (exact) mass is 1600 g/mol. The third kappa shape index (κ3) is 19.2. The molecule has 5 aromatic heterocycles. The predicted octanol–water partition coefficient (Wildman–Crippen LogP) is 21.1. The number of imidazole rings is 2. The van der Waals surface area contributed by atoms with Crippen LogP contribution in [-0.2, 0) is 27.3 Å². The summed E-state index contributed by atoms with van der Waals surface area (Å²) in [6.45, 7) is 27.1. The molecule has 0 N–H and O–H groups in total. The van der Waals surface area contributed by atoms with Crippen molar-refractivity contribution in [3.8, 4) is 0 Å². The van der Waals surface area contributed by atoms with Gasteiger partial charge in [-0.25, -0.2) is 24.4 Å². The summed E-state index contributed by atoms with van der Waals surface area (Å²) in [6.07, 6.45) is 27.8. The quantitative estimate of drug-likeness (QED) is 0.0688. The second kappa shape index (κ2) is 33.7. The number of piperidine rings is 3. The molecule has 3 fully saturated rings. The number of alkyl halides is 1. The lowest BCUT2D eigenvalue weighted by Gasteiger charge is -2.37. The number of fused-ring (bicyclic) bond motifs is 6. The number of allylic oxidation sites excluding steroid dienone is 3. The molecule has 3 amide bonds. The minimum absolute atomic E-state index is 0.132. The van der Waals surface area contributed by atoms with Gasteiger partial charge in [0.2, 0.25) is 0 Å². The van der Waals surface area contributed by atoms with E-state index in [9.17, 15) is 14.4 Å². The van der Waals surface area contributed by atoms with Crippen molar-refractivity contribution in [2.75, 3.05) is 43.7 Å². The molecule has 558 valence electrons. The molecular weight excluding hydrogens is 1500 g/mol. The van der Waals surface area contributed by atoms with Crippen LogP contribution in [0.4, 0.5) is 14.4 Å². The zero-order valence-electron chi connectivity index (χ0n) is 63.1. The van der Waals surface area contributed by atoms with Crippen LogP contribution >= 0.6 is 57.4 Å². The SMILES string of the molecule is CC(C)(C)OC(=O)N1CCC(C2c3ccc(Cl)cc3C=C(CCI)c3cccnc32)CC1.Cc1cn(CCC2=Cc3cc(Cl)ccc3C(C3CCN(C(=O)OC(C)(C)C)CC3)c3ncccc32)cn1.Cc1cncn1CCC1=Cc2cc(Cl)ccc2C(C2CCN(C(=O)OC(C)(C)C)CC2)c2ncccc21. The van der Waals surface area contributed by atoms with E-state index in [-0.39, 0.29) is 36.0 Å².